The molecule has 1 saturated heterocycles. The number of nitrogens with one attached hydrogen (secondary N) is 2. The van der Waals surface area contributed by atoms with Crippen LogP contribution in [0.25, 0.3) is 0 Å². The van der Waals surface area contributed by atoms with Gasteiger partial charge in [-0.05, 0) is 24.5 Å². The average molecular weight is 394 g/mol. The van der Waals surface area contributed by atoms with Crippen LogP contribution in [0.3, 0.4) is 0 Å². The molecule has 0 bridgehead atoms. The van der Waals surface area contributed by atoms with Crippen LogP contribution in [0, 0.1) is 16.0 Å². The molecule has 2 N–H and O–H groups in total. The van der Waals surface area contributed by atoms with Gasteiger partial charge in [0.05, 0.1) is 18.1 Å². The molecule has 0 radical (unpaired) electrons. The van der Waals surface area contributed by atoms with E-state index in [2.05, 4.69) is 29.5 Å². The number of carbonyl (C=O) groups is 2. The number of nitro benzene ring substituents is 1. The van der Waals surface area contributed by atoms with Gasteiger partial charge in [0.1, 0.15) is 16.7 Å². The van der Waals surface area contributed by atoms with Gasteiger partial charge in [-0.25, -0.2) is 0 Å². The Morgan fingerprint density at radius 1 is 1.48 bits per heavy atom. The third-order valence-corrected chi connectivity index (χ3v) is 4.90. The summed E-state index contributed by atoms with van der Waals surface area (Å²) in [5, 5.41) is 16.2. The zero-order valence-electron chi connectivity index (χ0n) is 15.4. The molecule has 2 rings (SSSR count). The molecule has 1 atom stereocenters. The van der Waals surface area contributed by atoms with Crippen LogP contribution in [0.5, 0.6) is 5.75 Å². The minimum Gasteiger partial charge on any atom is -0.496 e. The molecule has 0 aliphatic carbocycles. The van der Waals surface area contributed by atoms with Gasteiger partial charge in [0.2, 0.25) is 11.8 Å². The van der Waals surface area contributed by atoms with E-state index in [1.54, 1.807) is 0 Å². The summed E-state index contributed by atoms with van der Waals surface area (Å²) >= 11 is 1.20. The molecule has 1 aliphatic rings. The Morgan fingerprint density at radius 2 is 2.22 bits per heavy atom. The molecule has 1 aromatic carbocycles. The lowest BCUT2D eigenvalue weighted by molar-refractivity contribution is -0.384. The molecule has 1 heterocycles. The van der Waals surface area contributed by atoms with Gasteiger partial charge < -0.3 is 15.4 Å². The van der Waals surface area contributed by atoms with Crippen molar-refractivity contribution in [1.29, 1.82) is 0 Å². The minimum absolute atomic E-state index is 0.0556. The first-order valence-corrected chi connectivity index (χ1v) is 9.32. The van der Waals surface area contributed by atoms with Crippen molar-refractivity contribution < 1.29 is 19.2 Å². The Bertz CT molecular complexity index is 766. The van der Waals surface area contributed by atoms with Crippen LogP contribution in [0.15, 0.2) is 23.2 Å². The lowest BCUT2D eigenvalue weighted by Gasteiger charge is -2.09. The number of thioether (sulfide) groups is 1. The average Bonchev–Trinajstić information content (AvgIpc) is 2.94. The molecule has 10 heteroatoms. The van der Waals surface area contributed by atoms with Crippen molar-refractivity contribution in [2.45, 2.75) is 31.9 Å². The minimum atomic E-state index is -0.611. The van der Waals surface area contributed by atoms with Crippen molar-refractivity contribution in [3.63, 3.8) is 0 Å². The molecular weight excluding hydrogens is 372 g/mol. The summed E-state index contributed by atoms with van der Waals surface area (Å²) in [5.74, 6) is 0.0491. The molecule has 0 saturated carbocycles. The second-order valence-electron chi connectivity index (χ2n) is 6.36. The predicted molar refractivity (Wildman–Crippen MR) is 104 cm³/mol. The number of ether oxygens (including phenoxy) is 1. The maximum atomic E-state index is 12.3. The largest absolute Gasteiger partial charge is 0.496 e. The van der Waals surface area contributed by atoms with E-state index in [4.69, 9.17) is 4.74 Å². The Balaban J connectivity index is 1.98. The number of amidine groups is 1. The third kappa shape index (κ3) is 5.95. The van der Waals surface area contributed by atoms with Gasteiger partial charge >= 0.3 is 0 Å². The maximum absolute atomic E-state index is 12.3. The van der Waals surface area contributed by atoms with Crippen LogP contribution in [0.2, 0.25) is 0 Å². The number of amides is 2. The quantitative estimate of drug-likeness (QED) is 0.516. The van der Waals surface area contributed by atoms with Crippen molar-refractivity contribution in [3.8, 4) is 5.75 Å². The number of nitro groups is 1. The van der Waals surface area contributed by atoms with Crippen LogP contribution in [-0.2, 0) is 9.59 Å². The first-order valence-electron chi connectivity index (χ1n) is 8.44. The van der Waals surface area contributed by atoms with Gasteiger partial charge in [-0.2, -0.15) is 0 Å². The fourth-order valence-electron chi connectivity index (χ4n) is 2.30. The Morgan fingerprint density at radius 3 is 2.85 bits per heavy atom. The normalized spacial score (nSPS) is 17.9. The molecule has 9 nitrogen and oxygen atoms in total. The van der Waals surface area contributed by atoms with E-state index in [9.17, 15) is 19.7 Å². The number of aliphatic imine (C=N–C) groups is 1. The van der Waals surface area contributed by atoms with Crippen molar-refractivity contribution in [3.05, 3.63) is 28.3 Å². The monoisotopic (exact) mass is 394 g/mol. The lowest BCUT2D eigenvalue weighted by Crippen LogP contribution is -2.28. The molecule has 1 aromatic rings. The van der Waals surface area contributed by atoms with E-state index in [0.29, 0.717) is 23.4 Å². The summed E-state index contributed by atoms with van der Waals surface area (Å²) in [7, 11) is 1.40. The zero-order chi connectivity index (χ0) is 20.0. The Labute approximate surface area is 161 Å². The Kier molecular flexibility index (Phi) is 7.17. The number of hydrogen-bond donors (Lipinski definition) is 2. The van der Waals surface area contributed by atoms with Crippen molar-refractivity contribution >= 4 is 40.1 Å². The molecule has 146 valence electrons. The molecule has 27 heavy (non-hydrogen) atoms. The highest BCUT2D eigenvalue weighted by molar-refractivity contribution is 8.15. The van der Waals surface area contributed by atoms with Gasteiger partial charge in [-0.3, -0.25) is 24.7 Å². The number of rotatable bonds is 8. The molecule has 0 spiro atoms. The van der Waals surface area contributed by atoms with Crippen LogP contribution >= 0.6 is 11.8 Å². The summed E-state index contributed by atoms with van der Waals surface area (Å²) in [4.78, 5) is 39.2. The standard InChI is InChI=1S/C17H22N4O5S/c1-10(2)6-7-18-17-20-16(23)14(27-17)9-15(22)19-12-5-4-11(26-3)8-13(12)21(24)25/h4-5,8,10,14H,6-7,9H2,1-3H3,(H,19,22)(H,18,20,23)/t14-/m1/s1. The van der Waals surface area contributed by atoms with E-state index < -0.39 is 16.1 Å². The molecule has 1 aliphatic heterocycles. The number of methoxy groups -OCH3 is 1. The fraction of sp³-hybridized carbons (Fsp3) is 0.471. The van der Waals surface area contributed by atoms with Crippen LogP contribution in [0.4, 0.5) is 11.4 Å². The summed E-state index contributed by atoms with van der Waals surface area (Å²) in [5.41, 5.74) is -0.220. The first kappa shape index (κ1) is 20.7. The topological polar surface area (TPSA) is 123 Å². The van der Waals surface area contributed by atoms with E-state index >= 15 is 0 Å². The van der Waals surface area contributed by atoms with Gasteiger partial charge in [0.15, 0.2) is 5.17 Å². The fourth-order valence-corrected chi connectivity index (χ4v) is 3.30. The van der Waals surface area contributed by atoms with Crippen LogP contribution < -0.4 is 15.4 Å². The number of nitrogens with zero attached hydrogens (tertiary/aromatic N) is 2. The van der Waals surface area contributed by atoms with E-state index in [0.717, 1.165) is 6.42 Å². The van der Waals surface area contributed by atoms with Gasteiger partial charge in [-0.15, -0.1) is 0 Å². The number of carbonyl (C=O) groups excluding carboxylic acids is 2. The Hall–Kier alpha value is -2.62. The molecule has 1 fully saturated rings. The number of hydrogen-bond acceptors (Lipinski definition) is 7. The number of anilines is 1. The van der Waals surface area contributed by atoms with Gasteiger partial charge in [-0.1, -0.05) is 25.6 Å². The van der Waals surface area contributed by atoms with Gasteiger partial charge in [0.25, 0.3) is 5.69 Å². The first-order chi connectivity index (χ1) is 12.8. The summed E-state index contributed by atoms with van der Waals surface area (Å²) < 4.78 is 4.96. The predicted octanol–water partition coefficient (Wildman–Crippen LogP) is 2.57. The lowest BCUT2D eigenvalue weighted by atomic mass is 10.1. The molecule has 0 aromatic heterocycles. The highest BCUT2D eigenvalue weighted by atomic mass is 32.2. The summed E-state index contributed by atoms with van der Waals surface area (Å²) in [6, 6.07) is 4.14. The van der Waals surface area contributed by atoms with E-state index in [-0.39, 0.29) is 23.7 Å². The summed E-state index contributed by atoms with van der Waals surface area (Å²) in [6.07, 6.45) is 0.801. The van der Waals surface area contributed by atoms with E-state index in [1.807, 2.05) is 0 Å². The van der Waals surface area contributed by atoms with Crippen molar-refractivity contribution in [2.24, 2.45) is 10.9 Å². The molecule has 0 unspecified atom stereocenters. The zero-order valence-corrected chi connectivity index (χ0v) is 16.2. The van der Waals surface area contributed by atoms with E-state index in [1.165, 1.54) is 37.1 Å². The highest BCUT2D eigenvalue weighted by Gasteiger charge is 2.32. The second-order valence-corrected chi connectivity index (χ2v) is 7.55. The van der Waals surface area contributed by atoms with Crippen LogP contribution in [-0.4, -0.2) is 40.8 Å². The third-order valence-electron chi connectivity index (χ3n) is 3.78. The van der Waals surface area contributed by atoms with Crippen LogP contribution in [0.1, 0.15) is 26.7 Å². The molecule has 2 amide bonds. The van der Waals surface area contributed by atoms with Gasteiger partial charge in [0, 0.05) is 13.0 Å². The maximum Gasteiger partial charge on any atom is 0.296 e. The smallest absolute Gasteiger partial charge is 0.296 e. The molecular formula is C17H22N4O5S. The highest BCUT2D eigenvalue weighted by Crippen LogP contribution is 2.30. The SMILES string of the molecule is COc1ccc(NC(=O)C[C@H]2SC(=NCCC(C)C)NC2=O)c([N+](=O)[O-])c1. The summed E-state index contributed by atoms with van der Waals surface area (Å²) in [6.45, 7) is 4.79. The number of benzene rings is 1. The second kappa shape index (κ2) is 9.36. The van der Waals surface area contributed by atoms with Crippen molar-refractivity contribution in [1.82, 2.24) is 5.32 Å². The van der Waals surface area contributed by atoms with Crippen molar-refractivity contribution in [2.75, 3.05) is 19.0 Å².